The quantitative estimate of drug-likeness (QED) is 0.705. The van der Waals surface area contributed by atoms with Crippen molar-refractivity contribution in [2.24, 2.45) is 0 Å². The minimum absolute atomic E-state index is 0.244. The summed E-state index contributed by atoms with van der Waals surface area (Å²) in [6.45, 7) is 2.48. The third kappa shape index (κ3) is 4.43. The molecular formula is C13H20N4O3. The van der Waals surface area contributed by atoms with E-state index in [-0.39, 0.29) is 12.0 Å². The van der Waals surface area contributed by atoms with Crippen LogP contribution in [0.3, 0.4) is 0 Å². The van der Waals surface area contributed by atoms with E-state index in [1.807, 2.05) is 0 Å². The van der Waals surface area contributed by atoms with E-state index in [1.54, 1.807) is 13.3 Å². The van der Waals surface area contributed by atoms with E-state index < -0.39 is 0 Å². The molecule has 7 nitrogen and oxygen atoms in total. The first kappa shape index (κ1) is 14.7. The molecule has 7 heteroatoms. The number of aromatic nitrogens is 2. The van der Waals surface area contributed by atoms with Crippen molar-refractivity contribution in [1.29, 1.82) is 0 Å². The number of rotatable bonds is 7. The van der Waals surface area contributed by atoms with Crippen LogP contribution < -0.4 is 10.6 Å². The number of anilines is 1. The van der Waals surface area contributed by atoms with Gasteiger partial charge in [0.1, 0.15) is 11.5 Å². The van der Waals surface area contributed by atoms with Crippen LogP contribution in [0.4, 0.5) is 5.82 Å². The first-order chi connectivity index (χ1) is 9.79. The Balaban J connectivity index is 1.78. The van der Waals surface area contributed by atoms with Crippen molar-refractivity contribution in [1.82, 2.24) is 15.3 Å². The molecule has 1 saturated heterocycles. The minimum Gasteiger partial charge on any atom is -0.383 e. The number of nitrogens with zero attached hydrogens (tertiary/aromatic N) is 2. The number of carbonyl (C=O) groups excluding carboxylic acids is 1. The Hall–Kier alpha value is -1.73. The number of nitrogens with one attached hydrogen (secondary N) is 2. The Morgan fingerprint density at radius 3 is 3.05 bits per heavy atom. The molecule has 0 bridgehead atoms. The van der Waals surface area contributed by atoms with Crippen molar-refractivity contribution in [3.8, 4) is 0 Å². The average molecular weight is 280 g/mol. The summed E-state index contributed by atoms with van der Waals surface area (Å²) in [5, 5.41) is 5.84. The highest BCUT2D eigenvalue weighted by Gasteiger charge is 2.15. The monoisotopic (exact) mass is 280 g/mol. The van der Waals surface area contributed by atoms with Crippen molar-refractivity contribution in [2.45, 2.75) is 18.9 Å². The van der Waals surface area contributed by atoms with Gasteiger partial charge in [-0.15, -0.1) is 0 Å². The van der Waals surface area contributed by atoms with Crippen LogP contribution in [-0.4, -0.2) is 55.4 Å². The molecule has 1 unspecified atom stereocenters. The van der Waals surface area contributed by atoms with Crippen molar-refractivity contribution in [2.75, 3.05) is 38.7 Å². The third-order valence-corrected chi connectivity index (χ3v) is 3.01. The second-order valence-electron chi connectivity index (χ2n) is 4.55. The molecular weight excluding hydrogens is 260 g/mol. The molecule has 1 atom stereocenters. The van der Waals surface area contributed by atoms with Gasteiger partial charge in [-0.05, 0) is 12.8 Å². The number of methoxy groups -OCH3 is 1. The summed E-state index contributed by atoms with van der Waals surface area (Å²) in [5.74, 6) is 0.397. The van der Waals surface area contributed by atoms with Crippen LogP contribution in [0.25, 0.3) is 0 Å². The Morgan fingerprint density at radius 1 is 1.50 bits per heavy atom. The molecule has 0 radical (unpaired) electrons. The maximum atomic E-state index is 11.7. The Bertz CT molecular complexity index is 418. The summed E-state index contributed by atoms with van der Waals surface area (Å²) < 4.78 is 10.4. The molecule has 2 N–H and O–H groups in total. The molecule has 2 rings (SSSR count). The van der Waals surface area contributed by atoms with Crippen LogP contribution in [0.5, 0.6) is 0 Å². The van der Waals surface area contributed by atoms with Gasteiger partial charge >= 0.3 is 0 Å². The summed E-state index contributed by atoms with van der Waals surface area (Å²) in [5.41, 5.74) is 0.295. The van der Waals surface area contributed by atoms with Gasteiger partial charge in [-0.3, -0.25) is 4.79 Å². The SMILES string of the molecule is COCCNC(=O)c1cnc(NCC2CCCO2)cn1. The first-order valence-electron chi connectivity index (χ1n) is 6.74. The zero-order valence-corrected chi connectivity index (χ0v) is 11.6. The average Bonchev–Trinajstić information content (AvgIpc) is 2.99. The molecule has 110 valence electrons. The smallest absolute Gasteiger partial charge is 0.271 e. The first-order valence-corrected chi connectivity index (χ1v) is 6.74. The number of hydrogen-bond donors (Lipinski definition) is 2. The lowest BCUT2D eigenvalue weighted by atomic mass is 10.2. The van der Waals surface area contributed by atoms with E-state index >= 15 is 0 Å². The van der Waals surface area contributed by atoms with Gasteiger partial charge in [0, 0.05) is 26.8 Å². The maximum Gasteiger partial charge on any atom is 0.271 e. The number of hydrogen-bond acceptors (Lipinski definition) is 6. The van der Waals surface area contributed by atoms with E-state index in [9.17, 15) is 4.79 Å². The van der Waals surface area contributed by atoms with E-state index in [2.05, 4.69) is 20.6 Å². The minimum atomic E-state index is -0.250. The molecule has 1 aliphatic heterocycles. The van der Waals surface area contributed by atoms with Crippen LogP contribution in [-0.2, 0) is 9.47 Å². The molecule has 1 amide bonds. The number of carbonyl (C=O) groups is 1. The van der Waals surface area contributed by atoms with E-state index in [0.717, 1.165) is 19.4 Å². The normalized spacial score (nSPS) is 17.9. The highest BCUT2D eigenvalue weighted by molar-refractivity contribution is 5.91. The van der Waals surface area contributed by atoms with Crippen molar-refractivity contribution in [3.05, 3.63) is 18.1 Å². The predicted molar refractivity (Wildman–Crippen MR) is 73.7 cm³/mol. The van der Waals surface area contributed by atoms with Gasteiger partial charge in [0.25, 0.3) is 5.91 Å². The van der Waals surface area contributed by atoms with E-state index in [1.165, 1.54) is 6.20 Å². The summed E-state index contributed by atoms with van der Waals surface area (Å²) in [7, 11) is 1.58. The van der Waals surface area contributed by atoms with Gasteiger partial charge in [0.15, 0.2) is 0 Å². The highest BCUT2D eigenvalue weighted by atomic mass is 16.5. The summed E-state index contributed by atoms with van der Waals surface area (Å²) in [6, 6.07) is 0. The summed E-state index contributed by atoms with van der Waals surface area (Å²) in [6.07, 6.45) is 5.44. The van der Waals surface area contributed by atoms with Crippen LogP contribution in [0.15, 0.2) is 12.4 Å². The Morgan fingerprint density at radius 2 is 2.40 bits per heavy atom. The van der Waals surface area contributed by atoms with Crippen LogP contribution >= 0.6 is 0 Å². The largest absolute Gasteiger partial charge is 0.383 e. The molecule has 2 heterocycles. The second kappa shape index (κ2) is 7.76. The fourth-order valence-corrected chi connectivity index (χ4v) is 1.92. The maximum absolute atomic E-state index is 11.7. The fraction of sp³-hybridized carbons (Fsp3) is 0.615. The Kier molecular flexibility index (Phi) is 5.69. The molecule has 1 aromatic heterocycles. The zero-order chi connectivity index (χ0) is 14.2. The third-order valence-electron chi connectivity index (χ3n) is 3.01. The van der Waals surface area contributed by atoms with E-state index in [4.69, 9.17) is 9.47 Å². The molecule has 0 aliphatic carbocycles. The van der Waals surface area contributed by atoms with Gasteiger partial charge in [-0.1, -0.05) is 0 Å². The lowest BCUT2D eigenvalue weighted by molar-refractivity contribution is 0.0931. The van der Waals surface area contributed by atoms with Crippen LogP contribution in [0.2, 0.25) is 0 Å². The van der Waals surface area contributed by atoms with Crippen molar-refractivity contribution >= 4 is 11.7 Å². The number of ether oxygens (including phenoxy) is 2. The lowest BCUT2D eigenvalue weighted by Crippen LogP contribution is -2.28. The predicted octanol–water partition coefficient (Wildman–Crippen LogP) is 0.444. The summed E-state index contributed by atoms with van der Waals surface area (Å²) in [4.78, 5) is 19.9. The Labute approximate surface area is 118 Å². The molecule has 0 saturated carbocycles. The fourth-order valence-electron chi connectivity index (χ4n) is 1.92. The highest BCUT2D eigenvalue weighted by Crippen LogP contribution is 2.12. The van der Waals surface area contributed by atoms with Crippen molar-refractivity contribution in [3.63, 3.8) is 0 Å². The molecule has 20 heavy (non-hydrogen) atoms. The lowest BCUT2D eigenvalue weighted by Gasteiger charge is -2.11. The van der Waals surface area contributed by atoms with Gasteiger partial charge in [-0.25, -0.2) is 9.97 Å². The van der Waals surface area contributed by atoms with Gasteiger partial charge in [-0.2, -0.15) is 0 Å². The van der Waals surface area contributed by atoms with Gasteiger partial charge in [0.05, 0.1) is 25.1 Å². The van der Waals surface area contributed by atoms with Crippen LogP contribution in [0.1, 0.15) is 23.3 Å². The molecule has 1 aromatic rings. The molecule has 0 aromatic carbocycles. The number of amides is 1. The van der Waals surface area contributed by atoms with Crippen LogP contribution in [0, 0.1) is 0 Å². The second-order valence-corrected chi connectivity index (χ2v) is 4.55. The molecule has 0 spiro atoms. The van der Waals surface area contributed by atoms with Crippen molar-refractivity contribution < 1.29 is 14.3 Å². The topological polar surface area (TPSA) is 85.4 Å². The zero-order valence-electron chi connectivity index (χ0n) is 11.6. The van der Waals surface area contributed by atoms with E-state index in [0.29, 0.717) is 31.2 Å². The summed E-state index contributed by atoms with van der Waals surface area (Å²) >= 11 is 0. The molecule has 1 aliphatic rings. The standard InChI is InChI=1S/C13H20N4O3/c1-19-6-4-14-13(18)11-8-17-12(9-15-11)16-7-10-3-2-5-20-10/h8-10H,2-7H2,1H3,(H,14,18)(H,16,17). The van der Waals surface area contributed by atoms with Gasteiger partial charge < -0.3 is 20.1 Å². The molecule has 1 fully saturated rings. The van der Waals surface area contributed by atoms with Gasteiger partial charge in [0.2, 0.25) is 0 Å².